The lowest BCUT2D eigenvalue weighted by Crippen LogP contribution is -2.00. The number of methoxy groups -OCH3 is 1. The third-order valence-corrected chi connectivity index (χ3v) is 7.34. The fraction of sp³-hybridized carbons (Fsp3) is 0.0870. The predicted molar refractivity (Wildman–Crippen MR) is 123 cm³/mol. The smallest absolute Gasteiger partial charge is 0.190 e. The van der Waals surface area contributed by atoms with Crippen LogP contribution in [0.4, 0.5) is 8.78 Å². The Bertz CT molecular complexity index is 1410. The van der Waals surface area contributed by atoms with Gasteiger partial charge >= 0.3 is 0 Å². The summed E-state index contributed by atoms with van der Waals surface area (Å²) < 4.78 is 58.6. The summed E-state index contributed by atoms with van der Waals surface area (Å²) in [4.78, 5) is 5.15. The first-order valence-electron chi connectivity index (χ1n) is 9.29. The van der Waals surface area contributed by atoms with Crippen molar-refractivity contribution in [1.82, 2.24) is 4.98 Å². The molecule has 0 aliphatic rings. The molecule has 0 N–H and O–H groups in total. The zero-order chi connectivity index (χ0) is 23.0. The van der Waals surface area contributed by atoms with Gasteiger partial charge in [-0.1, -0.05) is 48.0 Å². The molecule has 0 amide bonds. The molecule has 0 atom stereocenters. The molecule has 0 fully saturated rings. The molecule has 0 radical (unpaired) electrons. The third kappa shape index (κ3) is 4.13. The Labute approximate surface area is 193 Å². The first-order chi connectivity index (χ1) is 15.2. The van der Waals surface area contributed by atoms with Gasteiger partial charge in [0.1, 0.15) is 5.01 Å². The number of thiazole rings is 1. The van der Waals surface area contributed by atoms with E-state index in [9.17, 15) is 17.2 Å². The molecule has 1 aromatic heterocycles. The zero-order valence-corrected chi connectivity index (χ0v) is 19.3. The average Bonchev–Trinajstić information content (AvgIpc) is 3.18. The number of hydrogen-bond donors (Lipinski definition) is 0. The van der Waals surface area contributed by atoms with Crippen molar-refractivity contribution < 1.29 is 21.9 Å². The van der Waals surface area contributed by atoms with E-state index in [0.717, 1.165) is 18.4 Å². The van der Waals surface area contributed by atoms with Crippen LogP contribution in [-0.4, -0.2) is 26.8 Å². The van der Waals surface area contributed by atoms with Gasteiger partial charge in [0.25, 0.3) is 0 Å². The van der Waals surface area contributed by atoms with Crippen molar-refractivity contribution in [2.45, 2.75) is 4.90 Å². The first-order valence-corrected chi connectivity index (χ1v) is 12.4. The molecule has 0 aliphatic carbocycles. The maximum Gasteiger partial charge on any atom is 0.190 e. The summed E-state index contributed by atoms with van der Waals surface area (Å²) >= 11 is 7.53. The highest BCUT2D eigenvalue weighted by molar-refractivity contribution is 7.90. The minimum absolute atomic E-state index is 0.0880. The Hall–Kier alpha value is -2.81. The van der Waals surface area contributed by atoms with Gasteiger partial charge in [0, 0.05) is 22.9 Å². The highest BCUT2D eigenvalue weighted by Crippen LogP contribution is 2.44. The molecule has 3 aromatic carbocycles. The number of nitrogens with zero attached hydrogens (tertiary/aromatic N) is 1. The molecule has 0 unspecified atom stereocenters. The van der Waals surface area contributed by atoms with E-state index in [-0.39, 0.29) is 16.2 Å². The second-order valence-electron chi connectivity index (χ2n) is 6.92. The van der Waals surface area contributed by atoms with Crippen molar-refractivity contribution in [3.8, 4) is 38.0 Å². The second kappa shape index (κ2) is 8.61. The van der Waals surface area contributed by atoms with Crippen LogP contribution < -0.4 is 4.74 Å². The van der Waals surface area contributed by atoms with Gasteiger partial charge in [-0.2, -0.15) is 0 Å². The van der Waals surface area contributed by atoms with E-state index in [4.69, 9.17) is 16.3 Å². The van der Waals surface area contributed by atoms with Gasteiger partial charge < -0.3 is 4.74 Å². The summed E-state index contributed by atoms with van der Waals surface area (Å²) in [6.45, 7) is 0. The minimum atomic E-state index is -3.59. The van der Waals surface area contributed by atoms with Crippen LogP contribution in [0.3, 0.4) is 0 Å². The maximum absolute atomic E-state index is 14.5. The Morgan fingerprint density at radius 3 is 2.16 bits per heavy atom. The number of halogens is 3. The van der Waals surface area contributed by atoms with Gasteiger partial charge in [-0.3, -0.25) is 0 Å². The molecule has 0 aliphatic heterocycles. The van der Waals surface area contributed by atoms with Crippen LogP contribution in [0.25, 0.3) is 32.3 Å². The van der Waals surface area contributed by atoms with Gasteiger partial charge in [0.05, 0.1) is 27.6 Å². The number of benzene rings is 3. The maximum atomic E-state index is 14.5. The van der Waals surface area contributed by atoms with Crippen molar-refractivity contribution in [2.24, 2.45) is 0 Å². The van der Waals surface area contributed by atoms with Crippen molar-refractivity contribution in [2.75, 3.05) is 13.4 Å². The molecule has 0 bridgehead atoms. The topological polar surface area (TPSA) is 56.3 Å². The normalized spacial score (nSPS) is 11.5. The van der Waals surface area contributed by atoms with Gasteiger partial charge in [-0.05, 0) is 24.3 Å². The van der Waals surface area contributed by atoms with Crippen LogP contribution >= 0.6 is 22.9 Å². The van der Waals surface area contributed by atoms with Crippen LogP contribution in [0, 0.1) is 11.6 Å². The molecule has 0 saturated heterocycles. The van der Waals surface area contributed by atoms with Gasteiger partial charge in [-0.15, -0.1) is 11.3 Å². The van der Waals surface area contributed by atoms with Crippen LogP contribution in [0.15, 0.2) is 65.6 Å². The Balaban J connectivity index is 2.04. The lowest BCUT2D eigenvalue weighted by molar-refractivity contribution is 0.360. The second-order valence-corrected chi connectivity index (χ2v) is 10.3. The fourth-order valence-corrected chi connectivity index (χ4v) is 5.72. The van der Waals surface area contributed by atoms with Crippen LogP contribution in [-0.2, 0) is 9.84 Å². The molecular weight excluding hydrogens is 476 g/mol. The van der Waals surface area contributed by atoms with E-state index in [1.54, 1.807) is 42.5 Å². The molecular formula is C23H16ClF2NO3S2. The van der Waals surface area contributed by atoms with E-state index in [0.29, 0.717) is 26.0 Å². The minimum Gasteiger partial charge on any atom is -0.491 e. The van der Waals surface area contributed by atoms with E-state index in [2.05, 4.69) is 4.98 Å². The van der Waals surface area contributed by atoms with Crippen LogP contribution in [0.1, 0.15) is 0 Å². The summed E-state index contributed by atoms with van der Waals surface area (Å²) in [6, 6.07) is 15.7. The van der Waals surface area contributed by atoms with Crippen LogP contribution in [0.2, 0.25) is 5.02 Å². The molecule has 164 valence electrons. The Kier molecular flexibility index (Phi) is 6.03. The van der Waals surface area contributed by atoms with Crippen LogP contribution in [0.5, 0.6) is 5.75 Å². The summed E-state index contributed by atoms with van der Waals surface area (Å²) in [5.41, 5.74) is 1.39. The Morgan fingerprint density at radius 2 is 1.56 bits per heavy atom. The van der Waals surface area contributed by atoms with E-state index >= 15 is 0 Å². The molecule has 4 aromatic rings. The lowest BCUT2D eigenvalue weighted by Gasteiger charge is -2.09. The summed E-state index contributed by atoms with van der Waals surface area (Å²) in [5.74, 6) is -2.29. The summed E-state index contributed by atoms with van der Waals surface area (Å²) in [5, 5.41) is 0.934. The van der Waals surface area contributed by atoms with Gasteiger partial charge in [0.2, 0.25) is 0 Å². The molecule has 4 nitrogen and oxygen atoms in total. The molecule has 0 spiro atoms. The highest BCUT2D eigenvalue weighted by Gasteiger charge is 2.24. The number of hydrogen-bond acceptors (Lipinski definition) is 5. The number of aromatic nitrogens is 1. The summed E-state index contributed by atoms with van der Waals surface area (Å²) in [6.07, 6.45) is 1.11. The third-order valence-electron chi connectivity index (χ3n) is 4.74. The Morgan fingerprint density at radius 1 is 0.969 bits per heavy atom. The average molecular weight is 492 g/mol. The van der Waals surface area contributed by atoms with Crippen molar-refractivity contribution in [3.63, 3.8) is 0 Å². The molecule has 1 heterocycles. The first kappa shape index (κ1) is 22.4. The van der Waals surface area contributed by atoms with E-state index < -0.39 is 27.2 Å². The van der Waals surface area contributed by atoms with Gasteiger partial charge in [-0.25, -0.2) is 22.2 Å². The van der Waals surface area contributed by atoms with Gasteiger partial charge in [0.15, 0.2) is 27.2 Å². The molecule has 9 heteroatoms. The SMILES string of the molecule is COc1c(F)cc(-c2nc(-c3ccccc3Cl)sc2-c2ccccc2S(C)(=O)=O)cc1F. The van der Waals surface area contributed by atoms with E-state index in [1.807, 2.05) is 0 Å². The predicted octanol–water partition coefficient (Wildman–Crippen LogP) is 6.49. The fourth-order valence-electron chi connectivity index (χ4n) is 3.32. The highest BCUT2D eigenvalue weighted by atomic mass is 35.5. The zero-order valence-electron chi connectivity index (χ0n) is 16.9. The van der Waals surface area contributed by atoms with Crippen molar-refractivity contribution in [1.29, 1.82) is 0 Å². The molecule has 4 rings (SSSR count). The number of ether oxygens (including phenoxy) is 1. The monoisotopic (exact) mass is 491 g/mol. The summed E-state index contributed by atoms with van der Waals surface area (Å²) in [7, 11) is -2.41. The number of rotatable bonds is 5. The quantitative estimate of drug-likeness (QED) is 0.320. The molecule has 32 heavy (non-hydrogen) atoms. The largest absolute Gasteiger partial charge is 0.491 e. The molecule has 0 saturated carbocycles. The van der Waals surface area contributed by atoms with Crippen molar-refractivity contribution >= 4 is 32.8 Å². The lowest BCUT2D eigenvalue weighted by atomic mass is 10.1. The standard InChI is InChI=1S/C23H16ClF2NO3S2/c1-30-21-17(25)11-13(12-18(21)26)20-22(15-8-4-6-10-19(15)32(2,28)29)31-23(27-20)14-7-3-5-9-16(14)24/h3-12H,1-2H3. The van der Waals surface area contributed by atoms with E-state index in [1.165, 1.54) is 24.5 Å². The van der Waals surface area contributed by atoms with Crippen molar-refractivity contribution in [3.05, 3.63) is 77.3 Å². The number of sulfone groups is 1.